The molecule has 1 atom stereocenters. The van der Waals surface area contributed by atoms with Gasteiger partial charge in [0.05, 0.1) is 45.3 Å². The van der Waals surface area contributed by atoms with Crippen LogP contribution < -0.4 is 10.1 Å². The first-order valence-corrected chi connectivity index (χ1v) is 19.1. The van der Waals surface area contributed by atoms with Crippen LogP contribution in [0.2, 0.25) is 0 Å². The van der Waals surface area contributed by atoms with Crippen molar-refractivity contribution in [3.8, 4) is 16.9 Å². The minimum atomic E-state index is -3.63. The molecule has 0 bridgehead atoms. The summed E-state index contributed by atoms with van der Waals surface area (Å²) in [5.74, 6) is 0.639. The topological polar surface area (TPSA) is 117 Å². The molecule has 0 aliphatic carbocycles. The number of rotatable bonds is 18. The smallest absolute Gasteiger partial charge is 0.248 e. The molecule has 256 valence electrons. The number of aryl methyl sites for hydroxylation is 1. The van der Waals surface area contributed by atoms with Gasteiger partial charge in [-0.05, 0) is 98.0 Å². The molecule has 0 saturated heterocycles. The maximum absolute atomic E-state index is 13.2. The Balaban J connectivity index is 1.44. The molecule has 1 amide bonds. The van der Waals surface area contributed by atoms with Gasteiger partial charge in [0.15, 0.2) is 9.84 Å². The lowest BCUT2D eigenvalue weighted by molar-refractivity contribution is -0.111. The van der Waals surface area contributed by atoms with E-state index in [1.807, 2.05) is 28.8 Å². The molecule has 0 radical (unpaired) electrons. The predicted octanol–water partition coefficient (Wildman–Crippen LogP) is 7.30. The Kier molecular flexibility index (Phi) is 13.7. The Labute approximate surface area is 286 Å². The van der Waals surface area contributed by atoms with E-state index in [4.69, 9.17) is 9.47 Å². The zero-order chi connectivity index (χ0) is 34.5. The number of imidazole rings is 1. The highest BCUT2D eigenvalue weighted by Crippen LogP contribution is 2.29. The summed E-state index contributed by atoms with van der Waals surface area (Å²) in [6.45, 7) is 9.99. The van der Waals surface area contributed by atoms with Crippen LogP contribution in [0.1, 0.15) is 58.2 Å². The van der Waals surface area contributed by atoms with Gasteiger partial charge in [0.25, 0.3) is 0 Å². The summed E-state index contributed by atoms with van der Waals surface area (Å²) >= 11 is 0. The fraction of sp³-hybridized carbons (Fsp3) is 0.351. The average molecular weight is 692 g/mol. The zero-order valence-corrected chi connectivity index (χ0v) is 29.7. The number of hydrogen-bond donors (Lipinski definition) is 1. The molecule has 0 saturated carbocycles. The van der Waals surface area contributed by atoms with E-state index in [1.165, 1.54) is 12.2 Å². The number of ether oxygens (including phenoxy) is 2. The van der Waals surface area contributed by atoms with Crippen LogP contribution in [0.5, 0.6) is 5.75 Å². The van der Waals surface area contributed by atoms with Crippen molar-refractivity contribution in [1.29, 1.82) is 0 Å². The molecule has 11 heteroatoms. The Morgan fingerprint density at radius 1 is 0.958 bits per heavy atom. The molecular weight excluding hydrogens is 647 g/mol. The lowest BCUT2D eigenvalue weighted by Crippen LogP contribution is -2.15. The average Bonchev–Trinajstić information content (AvgIpc) is 3.52. The summed E-state index contributed by atoms with van der Waals surface area (Å²) in [4.78, 5) is 17.9. The third kappa shape index (κ3) is 10.2. The Morgan fingerprint density at radius 3 is 2.38 bits per heavy atom. The normalized spacial score (nSPS) is 12.4. The number of carbonyl (C=O) groups is 1. The zero-order valence-electron chi connectivity index (χ0n) is 28.1. The van der Waals surface area contributed by atoms with Crippen molar-refractivity contribution in [2.75, 3.05) is 25.1 Å². The first-order chi connectivity index (χ1) is 23.1. The summed E-state index contributed by atoms with van der Waals surface area (Å²) in [6.07, 6.45) is 9.40. The minimum absolute atomic E-state index is 0.153. The predicted molar refractivity (Wildman–Crippen MR) is 192 cm³/mol. The van der Waals surface area contributed by atoms with Crippen molar-refractivity contribution in [1.82, 2.24) is 9.55 Å². The molecule has 1 heterocycles. The van der Waals surface area contributed by atoms with Crippen molar-refractivity contribution < 1.29 is 26.9 Å². The standard InChI is InChI=1S/C37H45N3O6S2/c1-5-7-21-45-22-23-46-34-14-8-29(9-15-34)30-10-18-36(48(43,44)28(3)4)31(24-30)11-19-37(41)39-32-12-16-35(17-13-32)47(42)26-33-25-38-27-40(33)20-6-2/h8-19,24-25,27-28H,5-7,20-23,26H2,1-4H3,(H,39,41)/b19-11+/t47-/m0/s1. The van der Waals surface area contributed by atoms with Gasteiger partial charge < -0.3 is 19.4 Å². The van der Waals surface area contributed by atoms with Gasteiger partial charge in [-0.1, -0.05) is 38.5 Å². The number of hydrogen-bond acceptors (Lipinski definition) is 7. The third-order valence-electron chi connectivity index (χ3n) is 7.60. The van der Waals surface area contributed by atoms with Gasteiger partial charge in [0, 0.05) is 36.0 Å². The Bertz CT molecular complexity index is 1800. The van der Waals surface area contributed by atoms with Crippen LogP contribution >= 0.6 is 0 Å². The summed E-state index contributed by atoms with van der Waals surface area (Å²) in [7, 11) is -4.90. The third-order valence-corrected chi connectivity index (χ3v) is 11.2. The van der Waals surface area contributed by atoms with Crippen LogP contribution in [0.25, 0.3) is 17.2 Å². The number of aromatic nitrogens is 2. The van der Waals surface area contributed by atoms with E-state index in [0.717, 1.165) is 49.2 Å². The maximum Gasteiger partial charge on any atom is 0.248 e. The number of benzene rings is 3. The number of anilines is 1. The van der Waals surface area contributed by atoms with Crippen LogP contribution in [0, 0.1) is 0 Å². The molecule has 4 aromatic rings. The molecular formula is C37H45N3O6S2. The SMILES string of the molecule is CCCCOCCOc1ccc(-c2ccc(S(=O)(=O)C(C)C)c(/C=C/C(=O)Nc3ccc([S@@](=O)Cc4cncn4CCC)cc3)c2)cc1. The van der Waals surface area contributed by atoms with Gasteiger partial charge in [-0.3, -0.25) is 9.00 Å². The molecule has 1 aromatic heterocycles. The molecule has 4 rings (SSSR count). The molecule has 9 nitrogen and oxygen atoms in total. The molecule has 0 aliphatic heterocycles. The Hall–Kier alpha value is -4.06. The van der Waals surface area contributed by atoms with Crippen LogP contribution in [0.4, 0.5) is 5.69 Å². The first-order valence-electron chi connectivity index (χ1n) is 16.3. The number of amides is 1. The van der Waals surface area contributed by atoms with E-state index in [9.17, 15) is 17.4 Å². The minimum Gasteiger partial charge on any atom is -0.491 e. The first kappa shape index (κ1) is 36.8. The van der Waals surface area contributed by atoms with Crippen LogP contribution in [0.15, 0.2) is 95.1 Å². The van der Waals surface area contributed by atoms with Crippen LogP contribution in [-0.2, 0) is 42.5 Å². The monoisotopic (exact) mass is 691 g/mol. The van der Waals surface area contributed by atoms with Crippen molar-refractivity contribution in [3.63, 3.8) is 0 Å². The highest BCUT2D eigenvalue weighted by atomic mass is 32.2. The van der Waals surface area contributed by atoms with E-state index in [-0.39, 0.29) is 4.90 Å². The lowest BCUT2D eigenvalue weighted by atomic mass is 10.0. The van der Waals surface area contributed by atoms with Gasteiger partial charge in [-0.15, -0.1) is 0 Å². The van der Waals surface area contributed by atoms with E-state index in [1.54, 1.807) is 68.8 Å². The van der Waals surface area contributed by atoms with Crippen molar-refractivity contribution in [3.05, 3.63) is 96.6 Å². The van der Waals surface area contributed by atoms with Crippen LogP contribution in [0.3, 0.4) is 0 Å². The second-order valence-electron chi connectivity index (χ2n) is 11.6. The van der Waals surface area contributed by atoms with Crippen molar-refractivity contribution in [2.24, 2.45) is 0 Å². The number of nitrogens with zero attached hydrogens (tertiary/aromatic N) is 2. The van der Waals surface area contributed by atoms with E-state index < -0.39 is 31.8 Å². The molecule has 1 N–H and O–H groups in total. The lowest BCUT2D eigenvalue weighted by Gasteiger charge is -2.13. The molecule has 0 unspecified atom stereocenters. The van der Waals surface area contributed by atoms with E-state index in [2.05, 4.69) is 24.1 Å². The highest BCUT2D eigenvalue weighted by Gasteiger charge is 2.22. The largest absolute Gasteiger partial charge is 0.491 e. The summed E-state index contributed by atoms with van der Waals surface area (Å²) in [6, 6.07) is 19.5. The number of unbranched alkanes of at least 4 members (excludes halogenated alkanes) is 1. The van der Waals surface area contributed by atoms with Gasteiger partial charge in [0.2, 0.25) is 5.91 Å². The van der Waals surface area contributed by atoms with Gasteiger partial charge in [-0.25, -0.2) is 13.4 Å². The second kappa shape index (κ2) is 17.9. The molecule has 0 fully saturated rings. The maximum atomic E-state index is 13.2. The summed E-state index contributed by atoms with van der Waals surface area (Å²) in [5, 5.41) is 2.17. The highest BCUT2D eigenvalue weighted by molar-refractivity contribution is 7.92. The number of carbonyl (C=O) groups excluding carboxylic acids is 1. The summed E-state index contributed by atoms with van der Waals surface area (Å²) in [5.41, 5.74) is 3.52. The quantitative estimate of drug-likeness (QED) is 0.0860. The fourth-order valence-corrected chi connectivity index (χ4v) is 7.19. The molecule has 48 heavy (non-hydrogen) atoms. The number of sulfone groups is 1. The van der Waals surface area contributed by atoms with Gasteiger partial charge in [0.1, 0.15) is 12.4 Å². The molecule has 0 spiro atoms. The molecule has 0 aliphatic rings. The van der Waals surface area contributed by atoms with E-state index in [0.29, 0.717) is 40.9 Å². The van der Waals surface area contributed by atoms with Crippen molar-refractivity contribution >= 4 is 38.3 Å². The summed E-state index contributed by atoms with van der Waals surface area (Å²) < 4.78 is 52.7. The second-order valence-corrected chi connectivity index (χ2v) is 15.5. The van der Waals surface area contributed by atoms with Crippen LogP contribution in [-0.4, -0.2) is 53.2 Å². The van der Waals surface area contributed by atoms with Gasteiger partial charge in [-0.2, -0.15) is 0 Å². The molecule has 3 aromatic carbocycles. The number of nitrogens with one attached hydrogen (secondary N) is 1. The van der Waals surface area contributed by atoms with Crippen molar-refractivity contribution in [2.45, 2.75) is 74.3 Å². The van der Waals surface area contributed by atoms with Gasteiger partial charge >= 0.3 is 0 Å². The Morgan fingerprint density at radius 2 is 1.69 bits per heavy atom. The fourth-order valence-electron chi connectivity index (χ4n) is 4.85. The van der Waals surface area contributed by atoms with E-state index >= 15 is 0 Å².